The Bertz CT molecular complexity index is 604. The van der Waals surface area contributed by atoms with Crippen molar-refractivity contribution in [3.05, 3.63) is 18.3 Å². The number of nitrogens with zero attached hydrogens (tertiary/aromatic N) is 2. The average molecular weight is 299 g/mol. The van der Waals surface area contributed by atoms with Crippen molar-refractivity contribution in [1.29, 1.82) is 0 Å². The van der Waals surface area contributed by atoms with Crippen LogP contribution in [0, 0.1) is 12.0 Å². The van der Waals surface area contributed by atoms with Crippen molar-refractivity contribution in [3.63, 3.8) is 0 Å². The smallest absolute Gasteiger partial charge is 0.282 e. The lowest BCUT2D eigenvalue weighted by atomic mass is 10.4. The van der Waals surface area contributed by atoms with Gasteiger partial charge in [-0.25, -0.2) is 13.4 Å². The van der Waals surface area contributed by atoms with E-state index in [-0.39, 0.29) is 23.4 Å². The minimum absolute atomic E-state index is 0.0649. The maximum atomic E-state index is 12.2. The summed E-state index contributed by atoms with van der Waals surface area (Å²) >= 11 is 4.17. The van der Waals surface area contributed by atoms with Gasteiger partial charge in [-0.2, -0.15) is 12.6 Å². The normalized spacial score (nSPS) is 19.8. The third-order valence-electron chi connectivity index (χ3n) is 2.37. The first kappa shape index (κ1) is 14.1. The Balaban J connectivity index is 2.18. The van der Waals surface area contributed by atoms with E-state index in [9.17, 15) is 8.42 Å². The number of rotatable bonds is 3. The first-order valence-electron chi connectivity index (χ1n) is 5.51. The van der Waals surface area contributed by atoms with Crippen LogP contribution in [-0.4, -0.2) is 36.3 Å². The average Bonchev–Trinajstić information content (AvgIpc) is 2.84. The Morgan fingerprint density at radius 2 is 2.37 bits per heavy atom. The van der Waals surface area contributed by atoms with Gasteiger partial charge in [-0.3, -0.25) is 4.84 Å². The topological polar surface area (TPSA) is 71.5 Å². The zero-order valence-electron chi connectivity index (χ0n) is 10.2. The molecule has 1 aromatic heterocycles. The van der Waals surface area contributed by atoms with Crippen LogP contribution in [0.25, 0.3) is 0 Å². The lowest BCUT2D eigenvalue weighted by Gasteiger charge is -2.13. The van der Waals surface area contributed by atoms with E-state index in [4.69, 9.17) is 4.84 Å². The summed E-state index contributed by atoms with van der Waals surface area (Å²) in [6.07, 6.45) is 1.41. The van der Waals surface area contributed by atoms with Crippen LogP contribution in [0.15, 0.2) is 23.4 Å². The van der Waals surface area contributed by atoms with E-state index in [2.05, 4.69) is 34.9 Å². The van der Waals surface area contributed by atoms with Crippen LogP contribution in [0.4, 0.5) is 5.69 Å². The molecule has 0 aromatic carbocycles. The van der Waals surface area contributed by atoms with Crippen LogP contribution >= 0.6 is 12.6 Å². The van der Waals surface area contributed by atoms with Crippen molar-refractivity contribution in [2.75, 3.05) is 18.5 Å². The quantitative estimate of drug-likeness (QED) is 0.488. The maximum Gasteiger partial charge on any atom is 0.282 e. The van der Waals surface area contributed by atoms with Gasteiger partial charge in [0, 0.05) is 11.3 Å². The molecule has 19 heavy (non-hydrogen) atoms. The molecular formula is C11H13N3O3S2. The molecule has 102 valence electrons. The summed E-state index contributed by atoms with van der Waals surface area (Å²) in [6, 6.07) is 5.65. The van der Waals surface area contributed by atoms with Crippen LogP contribution in [0.2, 0.25) is 0 Å². The number of aromatic nitrogens is 1. The third-order valence-corrected chi connectivity index (χ3v) is 4.24. The molecule has 6 nitrogen and oxygen atoms in total. The first-order chi connectivity index (χ1) is 9.04. The Labute approximate surface area is 117 Å². The molecule has 1 N–H and O–H groups in total. The molecule has 1 aromatic rings. The summed E-state index contributed by atoms with van der Waals surface area (Å²) in [6.45, 7) is 2.18. The Hall–Kier alpha value is -1.27. The molecule has 1 saturated heterocycles. The molecule has 0 spiro atoms. The summed E-state index contributed by atoms with van der Waals surface area (Å²) in [5.41, 5.74) is 0.628. The van der Waals surface area contributed by atoms with E-state index in [1.807, 2.05) is 0 Å². The summed E-state index contributed by atoms with van der Waals surface area (Å²) in [5.74, 6) is 2.67. The SMILES string of the molecule is CC#CNc1ccc(S(=O)(=O)N2CC(S)CO2)nc1. The molecule has 1 atom stereocenters. The van der Waals surface area contributed by atoms with Crippen LogP contribution < -0.4 is 5.32 Å². The molecular weight excluding hydrogens is 286 g/mol. The molecule has 1 unspecified atom stereocenters. The van der Waals surface area contributed by atoms with E-state index in [1.165, 1.54) is 12.3 Å². The van der Waals surface area contributed by atoms with Gasteiger partial charge in [0.25, 0.3) is 10.0 Å². The van der Waals surface area contributed by atoms with Crippen LogP contribution in [-0.2, 0) is 14.9 Å². The van der Waals surface area contributed by atoms with Gasteiger partial charge in [-0.1, -0.05) is 10.4 Å². The minimum atomic E-state index is -3.72. The molecule has 0 amide bonds. The standard InChI is InChI=1S/C11H13N3O3S2/c1-2-5-12-9-3-4-11(13-6-9)19(15,16)14-7-10(18)8-17-14/h3-4,6,10,12,18H,7-8H2,1H3. The molecule has 2 rings (SSSR count). The molecule has 1 aliphatic rings. The fourth-order valence-corrected chi connectivity index (χ4v) is 3.00. The first-order valence-corrected chi connectivity index (χ1v) is 7.47. The second-order valence-corrected chi connectivity index (χ2v) is 6.33. The van der Waals surface area contributed by atoms with Gasteiger partial charge in [-0.05, 0) is 19.1 Å². The lowest BCUT2D eigenvalue weighted by molar-refractivity contribution is -0.0285. The molecule has 0 bridgehead atoms. The summed E-state index contributed by atoms with van der Waals surface area (Å²) in [5, 5.41) is 2.59. The third kappa shape index (κ3) is 3.19. The summed E-state index contributed by atoms with van der Waals surface area (Å²) < 4.78 is 25.2. The number of sulfonamides is 1. The van der Waals surface area contributed by atoms with Gasteiger partial charge in [0.05, 0.1) is 25.0 Å². The van der Waals surface area contributed by atoms with Gasteiger partial charge in [0.15, 0.2) is 5.03 Å². The van der Waals surface area contributed by atoms with Gasteiger partial charge in [0.1, 0.15) is 0 Å². The second-order valence-electron chi connectivity index (χ2n) is 3.83. The molecule has 1 fully saturated rings. The monoisotopic (exact) mass is 299 g/mol. The van der Waals surface area contributed by atoms with E-state index in [0.29, 0.717) is 5.69 Å². The number of thiol groups is 1. The fourth-order valence-electron chi connectivity index (χ4n) is 1.46. The molecule has 0 radical (unpaired) electrons. The zero-order chi connectivity index (χ0) is 13.9. The Kier molecular flexibility index (Phi) is 4.31. The lowest BCUT2D eigenvalue weighted by Crippen LogP contribution is -2.28. The van der Waals surface area contributed by atoms with E-state index < -0.39 is 10.0 Å². The highest BCUT2D eigenvalue weighted by atomic mass is 32.2. The van der Waals surface area contributed by atoms with E-state index in [0.717, 1.165) is 4.47 Å². The van der Waals surface area contributed by atoms with E-state index in [1.54, 1.807) is 13.0 Å². The van der Waals surface area contributed by atoms with Gasteiger partial charge < -0.3 is 5.32 Å². The van der Waals surface area contributed by atoms with Crippen LogP contribution in [0.3, 0.4) is 0 Å². The minimum Gasteiger partial charge on any atom is -0.313 e. The highest BCUT2D eigenvalue weighted by Crippen LogP contribution is 2.21. The van der Waals surface area contributed by atoms with Crippen molar-refractivity contribution in [2.24, 2.45) is 0 Å². The highest BCUT2D eigenvalue weighted by molar-refractivity contribution is 7.89. The number of hydrogen-bond donors (Lipinski definition) is 2. The van der Waals surface area contributed by atoms with Crippen molar-refractivity contribution in [1.82, 2.24) is 9.45 Å². The molecule has 2 heterocycles. The highest BCUT2D eigenvalue weighted by Gasteiger charge is 2.33. The zero-order valence-corrected chi connectivity index (χ0v) is 11.9. The number of pyridine rings is 1. The maximum absolute atomic E-state index is 12.2. The van der Waals surface area contributed by atoms with Crippen LogP contribution in [0.5, 0.6) is 0 Å². The Morgan fingerprint density at radius 3 is 2.89 bits per heavy atom. The van der Waals surface area contributed by atoms with Crippen LogP contribution in [0.1, 0.15) is 6.92 Å². The molecule has 0 aliphatic carbocycles. The van der Waals surface area contributed by atoms with Gasteiger partial charge >= 0.3 is 0 Å². The van der Waals surface area contributed by atoms with Crippen molar-refractivity contribution in [3.8, 4) is 12.0 Å². The molecule has 8 heteroatoms. The van der Waals surface area contributed by atoms with Gasteiger partial charge in [-0.15, -0.1) is 0 Å². The number of hydroxylamine groups is 1. The number of hydrogen-bond acceptors (Lipinski definition) is 6. The second kappa shape index (κ2) is 5.79. The van der Waals surface area contributed by atoms with Crippen molar-refractivity contribution < 1.29 is 13.3 Å². The largest absolute Gasteiger partial charge is 0.313 e. The molecule has 1 aliphatic heterocycles. The Morgan fingerprint density at radius 1 is 1.58 bits per heavy atom. The number of anilines is 1. The predicted octanol–water partition coefficient (Wildman–Crippen LogP) is 0.709. The van der Waals surface area contributed by atoms with Crippen molar-refractivity contribution >= 4 is 28.3 Å². The number of nitrogens with one attached hydrogen (secondary N) is 1. The summed E-state index contributed by atoms with van der Waals surface area (Å²) in [4.78, 5) is 8.98. The predicted molar refractivity (Wildman–Crippen MR) is 73.9 cm³/mol. The summed E-state index contributed by atoms with van der Waals surface area (Å²) in [7, 11) is -3.72. The van der Waals surface area contributed by atoms with E-state index >= 15 is 0 Å². The van der Waals surface area contributed by atoms with Crippen molar-refractivity contribution in [2.45, 2.75) is 17.2 Å². The fraction of sp³-hybridized carbons (Fsp3) is 0.364. The van der Waals surface area contributed by atoms with Gasteiger partial charge in [0.2, 0.25) is 0 Å². The molecule has 0 saturated carbocycles.